The molecule has 2 fully saturated rings. The summed E-state index contributed by atoms with van der Waals surface area (Å²) in [6, 6.07) is 14.8. The minimum absolute atomic E-state index is 0.0197. The number of nitrogens with zero attached hydrogens (tertiary/aromatic N) is 4. The number of thiophene rings is 1. The fraction of sp³-hybridized carbons (Fsp3) is 0.522. The van der Waals surface area contributed by atoms with E-state index in [-0.39, 0.29) is 12.1 Å². The molecule has 0 saturated carbocycles. The van der Waals surface area contributed by atoms with Crippen molar-refractivity contribution in [2.45, 2.75) is 12.6 Å². The lowest BCUT2D eigenvalue weighted by molar-refractivity contribution is 0.124. The Morgan fingerprint density at radius 3 is 2.30 bits per heavy atom. The van der Waals surface area contributed by atoms with Crippen molar-refractivity contribution in [3.63, 3.8) is 0 Å². The van der Waals surface area contributed by atoms with Crippen LogP contribution >= 0.6 is 11.3 Å². The first kappa shape index (κ1) is 21.3. The van der Waals surface area contributed by atoms with Crippen molar-refractivity contribution in [2.75, 3.05) is 66.0 Å². The largest absolute Gasteiger partial charge is 0.330 e. The normalized spacial score (nSPS) is 20.2. The lowest BCUT2D eigenvalue weighted by Crippen LogP contribution is -2.53. The van der Waals surface area contributed by atoms with Gasteiger partial charge in [0.15, 0.2) is 0 Å². The van der Waals surface area contributed by atoms with Gasteiger partial charge in [0, 0.05) is 70.3 Å². The van der Waals surface area contributed by atoms with Crippen LogP contribution in [0, 0.1) is 0 Å². The molecule has 2 aliphatic rings. The zero-order valence-electron chi connectivity index (χ0n) is 17.9. The Bertz CT molecular complexity index is 768. The standard InChI is InChI=1S/C23H33N5OS/c1-25-9-11-27(12-10-25)19-22(20-6-3-2-4-7-20)24-23(29)28-15-13-26(14-16-28)18-21-8-5-17-30-21/h2-8,17,22H,9-16,18-19H2,1H3,(H,24,29). The number of piperazine rings is 2. The summed E-state index contributed by atoms with van der Waals surface area (Å²) >= 11 is 1.80. The van der Waals surface area contributed by atoms with Crippen molar-refractivity contribution in [1.29, 1.82) is 0 Å². The van der Waals surface area contributed by atoms with Crippen LogP contribution < -0.4 is 5.32 Å². The van der Waals surface area contributed by atoms with Gasteiger partial charge in [0.05, 0.1) is 6.04 Å². The molecule has 2 aliphatic heterocycles. The molecule has 6 nitrogen and oxygen atoms in total. The third-order valence-corrected chi connectivity index (χ3v) is 7.02. The Morgan fingerprint density at radius 2 is 1.63 bits per heavy atom. The van der Waals surface area contributed by atoms with Crippen molar-refractivity contribution in [3.8, 4) is 0 Å². The fourth-order valence-corrected chi connectivity index (χ4v) is 4.93. The summed E-state index contributed by atoms with van der Waals surface area (Å²) in [7, 11) is 2.17. The van der Waals surface area contributed by atoms with Crippen molar-refractivity contribution in [1.82, 2.24) is 24.9 Å². The molecule has 162 valence electrons. The molecule has 0 spiro atoms. The van der Waals surface area contributed by atoms with E-state index in [1.165, 1.54) is 10.4 Å². The molecule has 2 amide bonds. The van der Waals surface area contributed by atoms with Crippen LogP contribution in [-0.2, 0) is 6.54 Å². The Balaban J connectivity index is 1.32. The predicted molar refractivity (Wildman–Crippen MR) is 123 cm³/mol. The number of nitrogens with one attached hydrogen (secondary N) is 1. The van der Waals surface area contributed by atoms with Crippen molar-refractivity contribution >= 4 is 17.4 Å². The number of hydrogen-bond donors (Lipinski definition) is 1. The van der Waals surface area contributed by atoms with Gasteiger partial charge < -0.3 is 15.1 Å². The average molecular weight is 428 g/mol. The van der Waals surface area contributed by atoms with Crippen LogP contribution in [0.2, 0.25) is 0 Å². The van der Waals surface area contributed by atoms with E-state index < -0.39 is 0 Å². The predicted octanol–water partition coefficient (Wildman–Crippen LogP) is 2.56. The number of benzene rings is 1. The van der Waals surface area contributed by atoms with Gasteiger partial charge in [-0.05, 0) is 24.1 Å². The van der Waals surface area contributed by atoms with E-state index in [1.54, 1.807) is 11.3 Å². The van der Waals surface area contributed by atoms with Crippen LogP contribution in [0.3, 0.4) is 0 Å². The summed E-state index contributed by atoms with van der Waals surface area (Å²) in [5.41, 5.74) is 1.18. The summed E-state index contributed by atoms with van der Waals surface area (Å²) in [6.07, 6.45) is 0. The van der Waals surface area contributed by atoms with Gasteiger partial charge in [0.1, 0.15) is 0 Å². The highest BCUT2D eigenvalue weighted by molar-refractivity contribution is 7.09. The van der Waals surface area contributed by atoms with Gasteiger partial charge >= 0.3 is 6.03 Å². The summed E-state index contributed by atoms with van der Waals surface area (Å²) < 4.78 is 0. The monoisotopic (exact) mass is 427 g/mol. The first-order valence-electron chi connectivity index (χ1n) is 10.9. The highest BCUT2D eigenvalue weighted by Gasteiger charge is 2.25. The quantitative estimate of drug-likeness (QED) is 0.770. The molecule has 1 aromatic carbocycles. The maximum atomic E-state index is 13.1. The highest BCUT2D eigenvalue weighted by Crippen LogP contribution is 2.17. The van der Waals surface area contributed by atoms with Gasteiger partial charge in [-0.1, -0.05) is 36.4 Å². The Kier molecular flexibility index (Phi) is 7.38. The Hall–Kier alpha value is -1.93. The van der Waals surface area contributed by atoms with Gasteiger partial charge in [-0.3, -0.25) is 9.80 Å². The van der Waals surface area contributed by atoms with Gasteiger partial charge in [-0.2, -0.15) is 0 Å². The second kappa shape index (κ2) is 10.4. The second-order valence-electron chi connectivity index (χ2n) is 8.36. The van der Waals surface area contributed by atoms with Gasteiger partial charge in [0.25, 0.3) is 0 Å². The minimum Gasteiger partial charge on any atom is -0.330 e. The molecule has 2 saturated heterocycles. The van der Waals surface area contributed by atoms with Crippen molar-refractivity contribution in [3.05, 3.63) is 58.3 Å². The molecule has 1 N–H and O–H groups in total. The number of carbonyl (C=O) groups excluding carboxylic acids is 1. The topological polar surface area (TPSA) is 42.1 Å². The smallest absolute Gasteiger partial charge is 0.318 e. The van der Waals surface area contributed by atoms with E-state index in [2.05, 4.69) is 68.8 Å². The number of carbonyl (C=O) groups is 1. The molecule has 3 heterocycles. The van der Waals surface area contributed by atoms with E-state index in [1.807, 2.05) is 11.0 Å². The van der Waals surface area contributed by atoms with Gasteiger partial charge in [-0.25, -0.2) is 4.79 Å². The van der Waals surface area contributed by atoms with Crippen molar-refractivity contribution in [2.24, 2.45) is 0 Å². The van der Waals surface area contributed by atoms with Crippen molar-refractivity contribution < 1.29 is 4.79 Å². The Morgan fingerprint density at radius 1 is 0.933 bits per heavy atom. The van der Waals surface area contributed by atoms with E-state index in [9.17, 15) is 4.79 Å². The van der Waals surface area contributed by atoms with Crippen LogP contribution in [0.1, 0.15) is 16.5 Å². The first-order valence-corrected chi connectivity index (χ1v) is 11.8. The first-order chi connectivity index (χ1) is 14.7. The fourth-order valence-electron chi connectivity index (χ4n) is 4.18. The number of urea groups is 1. The van der Waals surface area contributed by atoms with E-state index >= 15 is 0 Å². The van der Waals surface area contributed by atoms with Gasteiger partial charge in [-0.15, -0.1) is 11.3 Å². The molecule has 0 radical (unpaired) electrons. The molecule has 1 atom stereocenters. The van der Waals surface area contributed by atoms with Crippen LogP contribution in [0.15, 0.2) is 47.8 Å². The molecular weight excluding hydrogens is 394 g/mol. The molecule has 30 heavy (non-hydrogen) atoms. The van der Waals surface area contributed by atoms with Crippen LogP contribution in [-0.4, -0.2) is 91.6 Å². The van der Waals surface area contributed by atoms with Gasteiger partial charge in [0.2, 0.25) is 0 Å². The maximum absolute atomic E-state index is 13.1. The average Bonchev–Trinajstić information content (AvgIpc) is 3.29. The summed E-state index contributed by atoms with van der Waals surface area (Å²) in [5, 5.41) is 5.47. The summed E-state index contributed by atoms with van der Waals surface area (Å²) in [6.45, 7) is 9.56. The zero-order valence-corrected chi connectivity index (χ0v) is 18.7. The number of rotatable bonds is 6. The number of likely N-dealkylation sites (N-methyl/N-ethyl adjacent to an activating group) is 1. The molecule has 2 aromatic rings. The zero-order chi connectivity index (χ0) is 20.8. The maximum Gasteiger partial charge on any atom is 0.318 e. The van der Waals surface area contributed by atoms with E-state index in [0.717, 1.165) is 65.4 Å². The molecule has 1 unspecified atom stereocenters. The molecular formula is C23H33N5OS. The highest BCUT2D eigenvalue weighted by atomic mass is 32.1. The van der Waals surface area contributed by atoms with Crippen LogP contribution in [0.5, 0.6) is 0 Å². The van der Waals surface area contributed by atoms with E-state index in [0.29, 0.717) is 0 Å². The molecule has 0 aliphatic carbocycles. The molecule has 7 heteroatoms. The third-order valence-electron chi connectivity index (χ3n) is 6.16. The number of amides is 2. The second-order valence-corrected chi connectivity index (χ2v) is 9.39. The molecule has 1 aromatic heterocycles. The van der Waals surface area contributed by atoms with Crippen LogP contribution in [0.4, 0.5) is 4.79 Å². The minimum atomic E-state index is 0.0197. The van der Waals surface area contributed by atoms with Crippen LogP contribution in [0.25, 0.3) is 0 Å². The molecule has 0 bridgehead atoms. The summed E-state index contributed by atoms with van der Waals surface area (Å²) in [5.74, 6) is 0. The lowest BCUT2D eigenvalue weighted by Gasteiger charge is -2.37. The summed E-state index contributed by atoms with van der Waals surface area (Å²) in [4.78, 5) is 23.7. The Labute approximate surface area is 184 Å². The SMILES string of the molecule is CN1CCN(CC(NC(=O)N2CCN(Cc3cccs3)CC2)c2ccccc2)CC1. The van der Waals surface area contributed by atoms with E-state index in [4.69, 9.17) is 0 Å². The molecule has 4 rings (SSSR count). The third kappa shape index (κ3) is 5.82. The lowest BCUT2D eigenvalue weighted by atomic mass is 10.1. The number of hydrogen-bond acceptors (Lipinski definition) is 5.